The fourth-order valence-corrected chi connectivity index (χ4v) is 2.81. The van der Waals surface area contributed by atoms with Gasteiger partial charge in [-0.15, -0.1) is 0 Å². The molecule has 2 aromatic carbocycles. The average Bonchev–Trinajstić information content (AvgIpc) is 2.41. The molecule has 2 aromatic rings. The number of benzene rings is 2. The Morgan fingerprint density at radius 3 is 1.70 bits per heavy atom. The smallest absolute Gasteiger partial charge is 0.0371 e. The molecule has 2 rings (SSSR count). The Morgan fingerprint density at radius 2 is 1.20 bits per heavy atom. The van der Waals surface area contributed by atoms with Gasteiger partial charge in [-0.3, -0.25) is 0 Å². The molecule has 0 N–H and O–H groups in total. The number of hydrogen-bond donors (Lipinski definition) is 0. The molecule has 0 saturated heterocycles. The van der Waals surface area contributed by atoms with Gasteiger partial charge in [0, 0.05) is 17.8 Å². The summed E-state index contributed by atoms with van der Waals surface area (Å²) in [7, 11) is 0. The monoisotopic (exact) mass is 267 g/mol. The number of rotatable bonds is 5. The molecule has 1 heteroatoms. The molecule has 0 aliphatic rings. The molecule has 0 aliphatic carbocycles. The largest absolute Gasteiger partial charge is 0.367 e. The highest BCUT2D eigenvalue weighted by Crippen LogP contribution is 2.21. The van der Waals surface area contributed by atoms with Gasteiger partial charge >= 0.3 is 0 Å². The van der Waals surface area contributed by atoms with Crippen molar-refractivity contribution >= 4 is 5.69 Å². The third-order valence-electron chi connectivity index (χ3n) is 3.60. The maximum absolute atomic E-state index is 2.45. The van der Waals surface area contributed by atoms with E-state index in [2.05, 4.69) is 87.2 Å². The first-order chi connectivity index (χ1) is 9.58. The third-order valence-corrected chi connectivity index (χ3v) is 3.60. The molecule has 20 heavy (non-hydrogen) atoms. The van der Waals surface area contributed by atoms with E-state index in [1.54, 1.807) is 0 Å². The summed E-state index contributed by atoms with van der Waals surface area (Å²) in [6.07, 6.45) is 1.00. The van der Waals surface area contributed by atoms with Gasteiger partial charge in [0.05, 0.1) is 0 Å². The third kappa shape index (κ3) is 3.63. The average molecular weight is 267 g/mol. The molecule has 106 valence electrons. The van der Waals surface area contributed by atoms with Crippen molar-refractivity contribution < 1.29 is 0 Å². The lowest BCUT2D eigenvalue weighted by atomic mass is 10.0. The maximum Gasteiger partial charge on any atom is 0.0371 e. The molecule has 1 nitrogen and oxygen atoms in total. The van der Waals surface area contributed by atoms with Gasteiger partial charge in [0.25, 0.3) is 0 Å². The summed E-state index contributed by atoms with van der Waals surface area (Å²) in [6, 6.07) is 20.7. The summed E-state index contributed by atoms with van der Waals surface area (Å²) in [5, 5.41) is 0. The van der Waals surface area contributed by atoms with Gasteiger partial charge in [-0.05, 0) is 57.4 Å². The summed E-state index contributed by atoms with van der Waals surface area (Å²) >= 11 is 0. The van der Waals surface area contributed by atoms with Crippen LogP contribution in [0.1, 0.15) is 38.8 Å². The Kier molecular flexibility index (Phi) is 4.84. The SMILES string of the molecule is CC(C)N(c1ccc(Cc2ccccc2)cc1)C(C)C. The molecular formula is C19H25N. The van der Waals surface area contributed by atoms with Crippen molar-refractivity contribution in [1.82, 2.24) is 0 Å². The molecule has 0 bridgehead atoms. The number of hydrogen-bond acceptors (Lipinski definition) is 1. The Hall–Kier alpha value is -1.76. The highest BCUT2D eigenvalue weighted by molar-refractivity contribution is 5.49. The minimum absolute atomic E-state index is 0.523. The van der Waals surface area contributed by atoms with E-state index >= 15 is 0 Å². The Bertz CT molecular complexity index is 503. The van der Waals surface area contributed by atoms with Crippen LogP contribution in [0.4, 0.5) is 5.69 Å². The molecule has 0 radical (unpaired) electrons. The van der Waals surface area contributed by atoms with E-state index in [4.69, 9.17) is 0 Å². The van der Waals surface area contributed by atoms with E-state index in [-0.39, 0.29) is 0 Å². The van der Waals surface area contributed by atoms with Gasteiger partial charge in [-0.25, -0.2) is 0 Å². The van der Waals surface area contributed by atoms with Crippen LogP contribution in [-0.4, -0.2) is 12.1 Å². The molecule has 0 atom stereocenters. The van der Waals surface area contributed by atoms with Crippen LogP contribution < -0.4 is 4.90 Å². The second kappa shape index (κ2) is 6.60. The first kappa shape index (κ1) is 14.6. The van der Waals surface area contributed by atoms with Gasteiger partial charge in [0.2, 0.25) is 0 Å². The first-order valence-corrected chi connectivity index (χ1v) is 7.49. The lowest BCUT2D eigenvalue weighted by molar-refractivity contribution is 0.608. The van der Waals surface area contributed by atoms with Crippen LogP contribution in [-0.2, 0) is 6.42 Å². The molecule has 0 saturated carbocycles. The fourth-order valence-electron chi connectivity index (χ4n) is 2.81. The van der Waals surface area contributed by atoms with Crippen LogP contribution in [0.15, 0.2) is 54.6 Å². The van der Waals surface area contributed by atoms with Crippen molar-refractivity contribution in [1.29, 1.82) is 0 Å². The van der Waals surface area contributed by atoms with Crippen molar-refractivity contribution in [3.8, 4) is 0 Å². The van der Waals surface area contributed by atoms with Gasteiger partial charge < -0.3 is 4.90 Å². The Morgan fingerprint density at radius 1 is 0.700 bits per heavy atom. The minimum atomic E-state index is 0.523. The van der Waals surface area contributed by atoms with E-state index in [0.29, 0.717) is 12.1 Å². The van der Waals surface area contributed by atoms with Crippen LogP contribution in [0.2, 0.25) is 0 Å². The molecular weight excluding hydrogens is 242 g/mol. The molecule has 0 aliphatic heterocycles. The molecule has 0 unspecified atom stereocenters. The lowest BCUT2D eigenvalue weighted by Crippen LogP contribution is -2.36. The zero-order chi connectivity index (χ0) is 14.5. The van der Waals surface area contributed by atoms with E-state index in [1.807, 2.05) is 0 Å². The predicted molar refractivity (Wildman–Crippen MR) is 88.4 cm³/mol. The zero-order valence-electron chi connectivity index (χ0n) is 13.0. The van der Waals surface area contributed by atoms with E-state index in [9.17, 15) is 0 Å². The quantitative estimate of drug-likeness (QED) is 0.744. The highest BCUT2D eigenvalue weighted by Gasteiger charge is 2.13. The maximum atomic E-state index is 2.45. The van der Waals surface area contributed by atoms with Crippen molar-refractivity contribution in [3.63, 3.8) is 0 Å². The summed E-state index contributed by atoms with van der Waals surface area (Å²) in [5.74, 6) is 0. The van der Waals surface area contributed by atoms with Crippen molar-refractivity contribution in [2.24, 2.45) is 0 Å². The van der Waals surface area contributed by atoms with Crippen molar-refractivity contribution in [2.45, 2.75) is 46.2 Å². The standard InChI is InChI=1S/C19H25N/c1-15(2)20(16(3)4)19-12-10-18(11-13-19)14-17-8-6-5-7-9-17/h5-13,15-16H,14H2,1-4H3. The predicted octanol–water partition coefficient (Wildman–Crippen LogP) is 4.90. The number of nitrogens with zero attached hydrogens (tertiary/aromatic N) is 1. The van der Waals surface area contributed by atoms with Gasteiger partial charge in [-0.1, -0.05) is 42.5 Å². The fraction of sp³-hybridized carbons (Fsp3) is 0.368. The number of anilines is 1. The lowest BCUT2D eigenvalue weighted by Gasteiger charge is -2.33. The molecule has 0 spiro atoms. The van der Waals surface area contributed by atoms with Gasteiger partial charge in [0.15, 0.2) is 0 Å². The van der Waals surface area contributed by atoms with Crippen LogP contribution in [0.5, 0.6) is 0 Å². The summed E-state index contributed by atoms with van der Waals surface area (Å²) in [5.41, 5.74) is 4.05. The summed E-state index contributed by atoms with van der Waals surface area (Å²) in [4.78, 5) is 2.45. The zero-order valence-corrected chi connectivity index (χ0v) is 13.0. The van der Waals surface area contributed by atoms with Crippen LogP contribution >= 0.6 is 0 Å². The topological polar surface area (TPSA) is 3.24 Å². The molecule has 0 aromatic heterocycles. The van der Waals surface area contributed by atoms with Crippen molar-refractivity contribution in [2.75, 3.05) is 4.90 Å². The Balaban J connectivity index is 2.13. The van der Waals surface area contributed by atoms with E-state index in [1.165, 1.54) is 16.8 Å². The molecule has 0 amide bonds. The van der Waals surface area contributed by atoms with Gasteiger partial charge in [-0.2, -0.15) is 0 Å². The normalized spacial score (nSPS) is 11.1. The first-order valence-electron chi connectivity index (χ1n) is 7.49. The second-order valence-corrected chi connectivity index (χ2v) is 5.92. The summed E-state index contributed by atoms with van der Waals surface area (Å²) < 4.78 is 0. The van der Waals surface area contributed by atoms with E-state index in [0.717, 1.165) is 6.42 Å². The summed E-state index contributed by atoms with van der Waals surface area (Å²) in [6.45, 7) is 8.99. The Labute approximate surface area is 123 Å². The van der Waals surface area contributed by atoms with Gasteiger partial charge in [0.1, 0.15) is 0 Å². The van der Waals surface area contributed by atoms with Crippen LogP contribution in [0.25, 0.3) is 0 Å². The van der Waals surface area contributed by atoms with Crippen LogP contribution in [0, 0.1) is 0 Å². The minimum Gasteiger partial charge on any atom is -0.367 e. The van der Waals surface area contributed by atoms with Crippen molar-refractivity contribution in [3.05, 3.63) is 65.7 Å². The van der Waals surface area contributed by atoms with E-state index < -0.39 is 0 Å². The van der Waals surface area contributed by atoms with Crippen LogP contribution in [0.3, 0.4) is 0 Å². The highest BCUT2D eigenvalue weighted by atomic mass is 15.2. The molecule has 0 fully saturated rings. The molecule has 0 heterocycles. The second-order valence-electron chi connectivity index (χ2n) is 5.92.